The van der Waals surface area contributed by atoms with E-state index in [0.717, 1.165) is 42.1 Å². The summed E-state index contributed by atoms with van der Waals surface area (Å²) in [6, 6.07) is 11.6. The number of ether oxygens (including phenoxy) is 2. The molecule has 0 radical (unpaired) electrons. The molecule has 0 aliphatic carbocycles. The number of amides is 1. The second kappa shape index (κ2) is 9.29. The van der Waals surface area contributed by atoms with Crippen LogP contribution in [0.1, 0.15) is 17.3 Å². The maximum atomic E-state index is 12.1. The van der Waals surface area contributed by atoms with Gasteiger partial charge >= 0.3 is 0 Å². The van der Waals surface area contributed by atoms with Gasteiger partial charge in [0.15, 0.2) is 5.65 Å². The molecule has 33 heavy (non-hydrogen) atoms. The van der Waals surface area contributed by atoms with Gasteiger partial charge in [0, 0.05) is 37.8 Å². The molecule has 9 nitrogen and oxygen atoms in total. The minimum Gasteiger partial charge on any atom is -0.378 e. The first-order chi connectivity index (χ1) is 16.1. The number of morpholine rings is 2. The molecule has 0 bridgehead atoms. The topological polar surface area (TPSA) is 92.7 Å². The van der Waals surface area contributed by atoms with Crippen LogP contribution in [0, 0.1) is 0 Å². The lowest BCUT2D eigenvalue weighted by Crippen LogP contribution is -2.45. The predicted octanol–water partition coefficient (Wildman–Crippen LogP) is 2.11. The van der Waals surface area contributed by atoms with Gasteiger partial charge in [0.05, 0.1) is 43.5 Å². The zero-order valence-corrected chi connectivity index (χ0v) is 19.0. The summed E-state index contributed by atoms with van der Waals surface area (Å²) in [5.41, 5.74) is 2.87. The zero-order chi connectivity index (χ0) is 22.8. The predicted molar refractivity (Wildman–Crippen MR) is 127 cm³/mol. The van der Waals surface area contributed by atoms with Crippen LogP contribution in [-0.4, -0.2) is 80.0 Å². The average Bonchev–Trinajstić information content (AvgIpc) is 2.88. The van der Waals surface area contributed by atoms with Crippen molar-refractivity contribution in [3.63, 3.8) is 0 Å². The van der Waals surface area contributed by atoms with Crippen LogP contribution in [0.5, 0.6) is 0 Å². The van der Waals surface area contributed by atoms with Crippen LogP contribution in [0.15, 0.2) is 36.4 Å². The first kappa shape index (κ1) is 21.5. The van der Waals surface area contributed by atoms with Gasteiger partial charge in [0.25, 0.3) is 5.91 Å². The van der Waals surface area contributed by atoms with Crippen molar-refractivity contribution in [3.8, 4) is 11.3 Å². The van der Waals surface area contributed by atoms with Crippen LogP contribution in [0.25, 0.3) is 22.3 Å². The van der Waals surface area contributed by atoms with Crippen molar-refractivity contribution < 1.29 is 14.3 Å². The Kier molecular flexibility index (Phi) is 6.06. The van der Waals surface area contributed by atoms with Gasteiger partial charge in [-0.2, -0.15) is 9.97 Å². The number of pyridine rings is 1. The standard InChI is InChI=1S/C24H28N6O3/c1-16-15-33-13-10-30(16)24-27-21-19(22(28-24)29-8-11-32-12-9-29)6-7-20(26-21)17-4-3-5-18(14-17)23(31)25-2/h3-7,14,16H,8-13,15H2,1-2H3,(H,25,31)/t16-/m1/s1. The summed E-state index contributed by atoms with van der Waals surface area (Å²) in [6.45, 7) is 7.06. The largest absolute Gasteiger partial charge is 0.378 e. The molecule has 3 aromatic rings. The van der Waals surface area contributed by atoms with E-state index < -0.39 is 0 Å². The third-order valence-corrected chi connectivity index (χ3v) is 6.11. The molecule has 1 amide bonds. The fourth-order valence-electron chi connectivity index (χ4n) is 4.28. The van der Waals surface area contributed by atoms with Gasteiger partial charge in [-0.1, -0.05) is 12.1 Å². The Morgan fingerprint density at radius 3 is 2.64 bits per heavy atom. The molecule has 1 atom stereocenters. The summed E-state index contributed by atoms with van der Waals surface area (Å²) in [7, 11) is 1.63. The number of carbonyl (C=O) groups excluding carboxylic acids is 1. The average molecular weight is 449 g/mol. The Hall–Kier alpha value is -3.30. The molecule has 0 saturated carbocycles. The van der Waals surface area contributed by atoms with E-state index >= 15 is 0 Å². The summed E-state index contributed by atoms with van der Waals surface area (Å²) >= 11 is 0. The Morgan fingerprint density at radius 1 is 1.03 bits per heavy atom. The van der Waals surface area contributed by atoms with Gasteiger partial charge in [-0.25, -0.2) is 4.98 Å². The SMILES string of the molecule is CNC(=O)c1cccc(-c2ccc3c(N4CCOCC4)nc(N4CCOC[C@H]4C)nc3n2)c1. The number of rotatable bonds is 4. The second-order valence-electron chi connectivity index (χ2n) is 8.29. The fraction of sp³-hybridized carbons (Fsp3) is 0.417. The van der Waals surface area contributed by atoms with Crippen LogP contribution in [-0.2, 0) is 9.47 Å². The molecular formula is C24H28N6O3. The molecule has 0 unspecified atom stereocenters. The number of aromatic nitrogens is 3. The summed E-state index contributed by atoms with van der Waals surface area (Å²) in [5, 5.41) is 3.58. The van der Waals surface area contributed by atoms with Crippen LogP contribution in [0.2, 0.25) is 0 Å². The third-order valence-electron chi connectivity index (χ3n) is 6.11. The first-order valence-electron chi connectivity index (χ1n) is 11.3. The first-order valence-corrected chi connectivity index (χ1v) is 11.3. The van der Waals surface area contributed by atoms with E-state index in [0.29, 0.717) is 43.6 Å². The van der Waals surface area contributed by atoms with E-state index in [1.807, 2.05) is 30.3 Å². The van der Waals surface area contributed by atoms with E-state index in [4.69, 9.17) is 24.4 Å². The van der Waals surface area contributed by atoms with Crippen LogP contribution in [0.3, 0.4) is 0 Å². The molecule has 2 fully saturated rings. The van der Waals surface area contributed by atoms with Crippen molar-refractivity contribution in [1.82, 2.24) is 20.3 Å². The molecule has 1 N–H and O–H groups in total. The number of fused-ring (bicyclic) bond motifs is 1. The van der Waals surface area contributed by atoms with Crippen molar-refractivity contribution in [2.24, 2.45) is 0 Å². The van der Waals surface area contributed by atoms with Gasteiger partial charge in [-0.15, -0.1) is 0 Å². The van der Waals surface area contributed by atoms with Crippen molar-refractivity contribution in [2.45, 2.75) is 13.0 Å². The lowest BCUT2D eigenvalue weighted by Gasteiger charge is -2.34. The third kappa shape index (κ3) is 4.34. The highest BCUT2D eigenvalue weighted by atomic mass is 16.5. The molecule has 2 aliphatic rings. The summed E-state index contributed by atoms with van der Waals surface area (Å²) in [6.07, 6.45) is 0. The van der Waals surface area contributed by atoms with Gasteiger partial charge in [0.1, 0.15) is 5.82 Å². The van der Waals surface area contributed by atoms with Crippen molar-refractivity contribution >= 4 is 28.7 Å². The molecule has 2 saturated heterocycles. The number of hydrogen-bond donors (Lipinski definition) is 1. The molecule has 2 aliphatic heterocycles. The smallest absolute Gasteiger partial charge is 0.251 e. The maximum Gasteiger partial charge on any atom is 0.251 e. The number of benzene rings is 1. The Balaban J connectivity index is 1.61. The summed E-state index contributed by atoms with van der Waals surface area (Å²) in [4.78, 5) is 31.3. The number of hydrogen-bond acceptors (Lipinski definition) is 8. The van der Waals surface area contributed by atoms with Crippen molar-refractivity contribution in [2.75, 3.05) is 62.9 Å². The molecule has 9 heteroatoms. The minimum atomic E-state index is -0.127. The van der Waals surface area contributed by atoms with Crippen LogP contribution < -0.4 is 15.1 Å². The molecular weight excluding hydrogens is 420 g/mol. The lowest BCUT2D eigenvalue weighted by atomic mass is 10.1. The number of nitrogens with zero attached hydrogens (tertiary/aromatic N) is 5. The number of carbonyl (C=O) groups is 1. The normalized spacial score (nSPS) is 19.0. The van der Waals surface area contributed by atoms with Crippen LogP contribution >= 0.6 is 0 Å². The lowest BCUT2D eigenvalue weighted by molar-refractivity contribution is 0.0963. The molecule has 0 spiro atoms. The van der Waals surface area contributed by atoms with E-state index in [2.05, 4.69) is 22.0 Å². The molecule has 172 valence electrons. The summed E-state index contributed by atoms with van der Waals surface area (Å²) < 4.78 is 11.2. The van der Waals surface area contributed by atoms with Gasteiger partial charge in [-0.3, -0.25) is 4.79 Å². The van der Waals surface area contributed by atoms with Gasteiger partial charge < -0.3 is 24.6 Å². The molecule has 2 aromatic heterocycles. The van der Waals surface area contributed by atoms with E-state index in [-0.39, 0.29) is 11.9 Å². The van der Waals surface area contributed by atoms with Crippen molar-refractivity contribution in [3.05, 3.63) is 42.0 Å². The molecule has 4 heterocycles. The summed E-state index contributed by atoms with van der Waals surface area (Å²) in [5.74, 6) is 1.43. The highest BCUT2D eigenvalue weighted by Crippen LogP contribution is 2.30. The highest BCUT2D eigenvalue weighted by molar-refractivity contribution is 5.95. The highest BCUT2D eigenvalue weighted by Gasteiger charge is 2.25. The van der Waals surface area contributed by atoms with Gasteiger partial charge in [-0.05, 0) is 31.2 Å². The van der Waals surface area contributed by atoms with Crippen LogP contribution in [0.4, 0.5) is 11.8 Å². The number of nitrogens with one attached hydrogen (secondary N) is 1. The van der Waals surface area contributed by atoms with E-state index in [1.54, 1.807) is 13.1 Å². The zero-order valence-electron chi connectivity index (χ0n) is 19.0. The van der Waals surface area contributed by atoms with E-state index in [1.165, 1.54) is 0 Å². The Labute approximate surface area is 192 Å². The van der Waals surface area contributed by atoms with Crippen molar-refractivity contribution in [1.29, 1.82) is 0 Å². The molecule has 1 aromatic carbocycles. The van der Waals surface area contributed by atoms with Gasteiger partial charge in [0.2, 0.25) is 5.95 Å². The Morgan fingerprint density at radius 2 is 1.85 bits per heavy atom. The monoisotopic (exact) mass is 448 g/mol. The number of anilines is 2. The maximum absolute atomic E-state index is 12.1. The van der Waals surface area contributed by atoms with E-state index in [9.17, 15) is 4.79 Å². The Bertz CT molecular complexity index is 1160. The quantitative estimate of drug-likeness (QED) is 0.649. The minimum absolute atomic E-state index is 0.127. The fourth-order valence-corrected chi connectivity index (χ4v) is 4.28. The molecule has 5 rings (SSSR count). The second-order valence-corrected chi connectivity index (χ2v) is 8.29.